The number of aromatic nitrogens is 4. The molecule has 3 aromatic rings. The lowest BCUT2D eigenvalue weighted by Gasteiger charge is -2.11. The van der Waals surface area contributed by atoms with Crippen LogP contribution < -0.4 is 0 Å². The van der Waals surface area contributed by atoms with Crippen LogP contribution in [-0.2, 0) is 9.47 Å². The van der Waals surface area contributed by atoms with Crippen molar-refractivity contribution >= 4 is 56.5 Å². The van der Waals surface area contributed by atoms with E-state index in [9.17, 15) is 10.2 Å². The third-order valence-electron chi connectivity index (χ3n) is 8.87. The number of methoxy groups -OCH3 is 2. The summed E-state index contributed by atoms with van der Waals surface area (Å²) in [5, 5.41) is 20.4. The van der Waals surface area contributed by atoms with Gasteiger partial charge < -0.3 is 29.7 Å². The first-order valence-electron chi connectivity index (χ1n) is 14.9. The minimum Gasteiger partial charge on any atom is -0.368 e. The van der Waals surface area contributed by atoms with Crippen LogP contribution in [0.4, 0.5) is 0 Å². The molecule has 44 heavy (non-hydrogen) atoms. The van der Waals surface area contributed by atoms with E-state index >= 15 is 0 Å². The van der Waals surface area contributed by atoms with E-state index in [1.165, 1.54) is 14.2 Å². The zero-order valence-corrected chi connectivity index (χ0v) is 26.5. The van der Waals surface area contributed by atoms with Crippen LogP contribution in [0.5, 0.6) is 0 Å². The lowest BCUT2D eigenvalue weighted by Crippen LogP contribution is -2.08. The van der Waals surface area contributed by atoms with E-state index in [0.717, 1.165) is 89.4 Å². The van der Waals surface area contributed by atoms with E-state index in [4.69, 9.17) is 19.4 Å². The molecular formula is C36H42N4O4. The lowest BCUT2D eigenvalue weighted by atomic mass is 9.98. The van der Waals surface area contributed by atoms with Crippen molar-refractivity contribution in [3.05, 3.63) is 82.5 Å². The highest BCUT2D eigenvalue weighted by molar-refractivity contribution is 5.96. The Labute approximate surface area is 258 Å². The van der Waals surface area contributed by atoms with Gasteiger partial charge in [0.1, 0.15) is 0 Å². The van der Waals surface area contributed by atoms with E-state index in [1.807, 2.05) is 18.2 Å². The lowest BCUT2D eigenvalue weighted by molar-refractivity contribution is -0.0773. The molecule has 3 aromatic heterocycles. The maximum absolute atomic E-state index is 10.2. The molecule has 5 rings (SSSR count). The normalized spacial score (nSPS) is 14.7. The summed E-state index contributed by atoms with van der Waals surface area (Å²) in [7, 11) is 3.00. The van der Waals surface area contributed by atoms with Gasteiger partial charge in [-0.2, -0.15) is 0 Å². The third-order valence-corrected chi connectivity index (χ3v) is 8.87. The number of aromatic amines is 2. The molecule has 8 heteroatoms. The summed E-state index contributed by atoms with van der Waals surface area (Å²) in [4.78, 5) is 17.4. The van der Waals surface area contributed by atoms with Gasteiger partial charge in [0.15, 0.2) is 12.6 Å². The second kappa shape index (κ2) is 12.9. The summed E-state index contributed by atoms with van der Waals surface area (Å²) in [6, 6.07) is 8.28. The Morgan fingerprint density at radius 1 is 0.659 bits per heavy atom. The fourth-order valence-corrected chi connectivity index (χ4v) is 6.07. The summed E-state index contributed by atoms with van der Waals surface area (Å²) in [5.74, 6) is 0. The fraction of sp³-hybridized carbons (Fsp3) is 0.333. The fourth-order valence-electron chi connectivity index (χ4n) is 6.07. The molecule has 0 saturated heterocycles. The molecule has 230 valence electrons. The molecule has 2 unspecified atom stereocenters. The average molecular weight is 595 g/mol. The van der Waals surface area contributed by atoms with E-state index < -0.39 is 12.6 Å². The molecule has 0 fully saturated rings. The number of aliphatic hydroxyl groups excluding tert-OH is 2. The quantitative estimate of drug-likeness (QED) is 0.180. The topological polar surface area (TPSA) is 116 Å². The number of hydrogen-bond donors (Lipinski definition) is 4. The SMILES string of the molecule is C=Cc1c(C)c2cc3[nH]c(cc4nc(cc5nc(cc1[nH]2)C(C)=C5CCC(O)OC)C(CCC(O)OC)=C4C)c(C)c3C=C. The first-order chi connectivity index (χ1) is 21.1. The predicted molar refractivity (Wildman–Crippen MR) is 180 cm³/mol. The molecule has 0 amide bonds. The Bertz CT molecular complexity index is 1860. The second-order valence-electron chi connectivity index (χ2n) is 11.4. The van der Waals surface area contributed by atoms with Crippen molar-refractivity contribution in [1.29, 1.82) is 0 Å². The van der Waals surface area contributed by atoms with Crippen LogP contribution in [0, 0.1) is 13.8 Å². The summed E-state index contributed by atoms with van der Waals surface area (Å²) in [6.45, 7) is 16.5. The van der Waals surface area contributed by atoms with Crippen molar-refractivity contribution in [1.82, 2.24) is 19.9 Å². The van der Waals surface area contributed by atoms with E-state index in [1.54, 1.807) is 0 Å². The summed E-state index contributed by atoms with van der Waals surface area (Å²) >= 11 is 0. The number of ether oxygens (including phenoxy) is 2. The highest BCUT2D eigenvalue weighted by Gasteiger charge is 2.23. The molecule has 2 atom stereocenters. The number of aryl methyl sites for hydroxylation is 2. The van der Waals surface area contributed by atoms with Crippen molar-refractivity contribution in [2.45, 2.75) is 66.0 Å². The van der Waals surface area contributed by atoms with Crippen LogP contribution in [0.2, 0.25) is 0 Å². The molecule has 8 nitrogen and oxygen atoms in total. The van der Waals surface area contributed by atoms with Gasteiger partial charge >= 0.3 is 0 Å². The van der Waals surface area contributed by atoms with Gasteiger partial charge in [-0.05, 0) is 98.2 Å². The van der Waals surface area contributed by atoms with Crippen LogP contribution in [0.15, 0.2) is 37.4 Å². The Balaban J connectivity index is 1.88. The maximum atomic E-state index is 10.2. The van der Waals surface area contributed by atoms with Crippen LogP contribution in [-0.4, -0.2) is 56.9 Å². The number of nitrogens with one attached hydrogen (secondary N) is 2. The molecule has 0 radical (unpaired) electrons. The smallest absolute Gasteiger partial charge is 0.154 e. The zero-order chi connectivity index (χ0) is 31.7. The van der Waals surface area contributed by atoms with E-state index in [0.29, 0.717) is 25.7 Å². The molecule has 2 aliphatic rings. The van der Waals surface area contributed by atoms with Crippen LogP contribution in [0.25, 0.3) is 56.5 Å². The van der Waals surface area contributed by atoms with Crippen LogP contribution >= 0.6 is 0 Å². The van der Waals surface area contributed by atoms with E-state index in [-0.39, 0.29) is 0 Å². The van der Waals surface area contributed by atoms with Gasteiger partial charge in [0.25, 0.3) is 0 Å². The first-order valence-corrected chi connectivity index (χ1v) is 14.9. The summed E-state index contributed by atoms with van der Waals surface area (Å²) < 4.78 is 10.3. The molecule has 8 bridgehead atoms. The monoisotopic (exact) mass is 594 g/mol. The van der Waals surface area contributed by atoms with Crippen molar-refractivity contribution in [3.8, 4) is 0 Å². The highest BCUT2D eigenvalue weighted by atomic mass is 16.6. The molecule has 0 aliphatic carbocycles. The Morgan fingerprint density at radius 2 is 1.07 bits per heavy atom. The molecule has 4 N–H and O–H groups in total. The van der Waals surface area contributed by atoms with Crippen LogP contribution in [0.1, 0.15) is 84.6 Å². The van der Waals surface area contributed by atoms with Gasteiger partial charge in [0.2, 0.25) is 0 Å². The maximum Gasteiger partial charge on any atom is 0.154 e. The van der Waals surface area contributed by atoms with Gasteiger partial charge in [0, 0.05) is 60.3 Å². The number of hydrogen-bond acceptors (Lipinski definition) is 6. The number of nitrogens with zero attached hydrogens (tertiary/aromatic N) is 2. The van der Waals surface area contributed by atoms with E-state index in [2.05, 4.69) is 69.0 Å². The summed E-state index contributed by atoms with van der Waals surface area (Å²) in [5.41, 5.74) is 15.4. The van der Waals surface area contributed by atoms with Crippen molar-refractivity contribution < 1.29 is 19.7 Å². The van der Waals surface area contributed by atoms with Gasteiger partial charge in [0.05, 0.1) is 22.8 Å². The molecule has 2 aliphatic heterocycles. The van der Waals surface area contributed by atoms with Gasteiger partial charge in [-0.1, -0.05) is 25.3 Å². The highest BCUT2D eigenvalue weighted by Crippen LogP contribution is 2.38. The second-order valence-corrected chi connectivity index (χ2v) is 11.4. The largest absolute Gasteiger partial charge is 0.368 e. The average Bonchev–Trinajstić information content (AvgIpc) is 3.67. The number of fused-ring (bicyclic) bond motifs is 8. The molecule has 5 heterocycles. The third kappa shape index (κ3) is 5.86. The van der Waals surface area contributed by atoms with Crippen molar-refractivity contribution in [2.24, 2.45) is 0 Å². The zero-order valence-electron chi connectivity index (χ0n) is 26.5. The standard InChI is InChI=1S/C36H42N4O4/c1-9-23-19(3)27-15-28-21(5)25(11-13-35(41)43-7)33(39-28)18-34-26(12-14-36(42)44-8)22(6)30(40-34)17-32-24(10-2)20(4)29(38-32)16-31(23)37-27/h9-10,15-18,35-38,41-42H,1-2,11-14H2,3-8H3. The van der Waals surface area contributed by atoms with Crippen molar-refractivity contribution in [2.75, 3.05) is 14.2 Å². The minimum atomic E-state index is -0.872. The molecule has 0 spiro atoms. The van der Waals surface area contributed by atoms with Gasteiger partial charge in [-0.25, -0.2) is 9.97 Å². The van der Waals surface area contributed by atoms with Crippen molar-refractivity contribution in [3.63, 3.8) is 0 Å². The molecule has 0 aromatic carbocycles. The Hall–Kier alpha value is -4.08. The molecular weight excluding hydrogens is 552 g/mol. The van der Waals surface area contributed by atoms with Gasteiger partial charge in [-0.3, -0.25) is 0 Å². The number of H-pyrrole nitrogens is 2. The predicted octanol–water partition coefficient (Wildman–Crippen LogP) is 7.57. The molecule has 0 saturated carbocycles. The minimum absolute atomic E-state index is 0.432. The van der Waals surface area contributed by atoms with Crippen LogP contribution in [0.3, 0.4) is 0 Å². The first kappa shape index (κ1) is 31.3. The number of rotatable bonds is 10. The Morgan fingerprint density at radius 3 is 1.50 bits per heavy atom. The number of aliphatic hydroxyl groups is 2. The van der Waals surface area contributed by atoms with Gasteiger partial charge in [-0.15, -0.1) is 0 Å². The summed E-state index contributed by atoms with van der Waals surface area (Å²) in [6.07, 6.45) is 4.03. The number of allylic oxidation sites excluding steroid dienone is 4. The Kier molecular flexibility index (Phi) is 9.18.